The predicted octanol–water partition coefficient (Wildman–Crippen LogP) is 1.97. The summed E-state index contributed by atoms with van der Waals surface area (Å²) in [6.45, 7) is 6.33. The van der Waals surface area contributed by atoms with Crippen molar-refractivity contribution >= 4 is 6.01 Å². The highest BCUT2D eigenvalue weighted by Crippen LogP contribution is 2.18. The third-order valence-electron chi connectivity index (χ3n) is 2.90. The molecule has 0 aliphatic carbocycles. The highest BCUT2D eigenvalue weighted by atomic mass is 16.4. The maximum atomic E-state index is 5.61. The number of aromatic nitrogens is 2. The quantitative estimate of drug-likeness (QED) is 0.803. The second-order valence-corrected chi connectivity index (χ2v) is 4.18. The zero-order valence-electron chi connectivity index (χ0n) is 10.8. The molecule has 0 aliphatic rings. The van der Waals surface area contributed by atoms with Crippen LogP contribution in [0.2, 0.25) is 0 Å². The van der Waals surface area contributed by atoms with Crippen LogP contribution >= 0.6 is 0 Å². The Morgan fingerprint density at radius 3 is 2.62 bits per heavy atom. The van der Waals surface area contributed by atoms with Gasteiger partial charge in [-0.25, -0.2) is 0 Å². The van der Waals surface area contributed by atoms with Crippen molar-refractivity contribution in [3.63, 3.8) is 0 Å². The summed E-state index contributed by atoms with van der Waals surface area (Å²) in [5, 5.41) is 11.2. The van der Waals surface area contributed by atoms with Gasteiger partial charge in [-0.05, 0) is 27.3 Å². The Morgan fingerprint density at radius 2 is 2.06 bits per heavy atom. The SMILES string of the molecule is CCCC(C)N(C)c1nnc(C(C)NC)o1. The van der Waals surface area contributed by atoms with Gasteiger partial charge in [-0.2, -0.15) is 0 Å². The first kappa shape index (κ1) is 13.0. The van der Waals surface area contributed by atoms with Crippen molar-refractivity contribution in [3.8, 4) is 0 Å². The van der Waals surface area contributed by atoms with E-state index < -0.39 is 0 Å². The van der Waals surface area contributed by atoms with Gasteiger partial charge in [0.05, 0.1) is 6.04 Å². The van der Waals surface area contributed by atoms with Crippen molar-refractivity contribution in [2.45, 2.75) is 45.7 Å². The minimum atomic E-state index is 0.0936. The Bertz CT molecular complexity index is 313. The maximum Gasteiger partial charge on any atom is 0.318 e. The van der Waals surface area contributed by atoms with E-state index in [-0.39, 0.29) is 6.04 Å². The zero-order valence-corrected chi connectivity index (χ0v) is 10.8. The van der Waals surface area contributed by atoms with E-state index in [1.807, 2.05) is 25.9 Å². The van der Waals surface area contributed by atoms with Crippen LogP contribution in [0, 0.1) is 0 Å². The van der Waals surface area contributed by atoms with Gasteiger partial charge in [-0.15, -0.1) is 5.10 Å². The van der Waals surface area contributed by atoms with Gasteiger partial charge in [0.25, 0.3) is 0 Å². The minimum Gasteiger partial charge on any atom is -0.406 e. The van der Waals surface area contributed by atoms with Gasteiger partial charge in [-0.1, -0.05) is 18.4 Å². The molecule has 1 aromatic rings. The number of rotatable bonds is 6. The zero-order chi connectivity index (χ0) is 12.1. The molecule has 2 atom stereocenters. The molecule has 1 N–H and O–H groups in total. The number of hydrogen-bond donors (Lipinski definition) is 1. The van der Waals surface area contributed by atoms with Gasteiger partial charge in [0.2, 0.25) is 5.89 Å². The van der Waals surface area contributed by atoms with E-state index in [1.54, 1.807) is 0 Å². The molecule has 16 heavy (non-hydrogen) atoms. The van der Waals surface area contributed by atoms with E-state index in [2.05, 4.69) is 29.4 Å². The van der Waals surface area contributed by atoms with Crippen LogP contribution in [0.1, 0.15) is 45.5 Å². The van der Waals surface area contributed by atoms with Gasteiger partial charge in [-0.3, -0.25) is 0 Å². The molecule has 1 heterocycles. The lowest BCUT2D eigenvalue weighted by atomic mass is 10.2. The molecule has 2 unspecified atom stereocenters. The lowest BCUT2D eigenvalue weighted by molar-refractivity contribution is 0.424. The summed E-state index contributed by atoms with van der Waals surface area (Å²) in [6, 6.07) is 1.11. The molecule has 1 rings (SSSR count). The second kappa shape index (κ2) is 5.84. The van der Waals surface area contributed by atoms with Gasteiger partial charge < -0.3 is 14.6 Å². The monoisotopic (exact) mass is 226 g/mol. The molecule has 0 bridgehead atoms. The summed E-state index contributed by atoms with van der Waals surface area (Å²) in [4.78, 5) is 2.03. The van der Waals surface area contributed by atoms with Gasteiger partial charge in [0.15, 0.2) is 0 Å². The fourth-order valence-electron chi connectivity index (χ4n) is 1.47. The first-order valence-corrected chi connectivity index (χ1v) is 5.83. The standard InChI is InChI=1S/C11H22N4O/c1-6-7-8(2)15(5)11-14-13-10(16-11)9(3)12-4/h8-9,12H,6-7H2,1-5H3. The van der Waals surface area contributed by atoms with Crippen LogP contribution in [0.4, 0.5) is 6.01 Å². The molecular formula is C11H22N4O. The molecule has 1 aromatic heterocycles. The van der Waals surface area contributed by atoms with Crippen molar-refractivity contribution < 1.29 is 4.42 Å². The van der Waals surface area contributed by atoms with Crippen molar-refractivity contribution in [1.82, 2.24) is 15.5 Å². The Kier molecular flexibility index (Phi) is 4.73. The fraction of sp³-hybridized carbons (Fsp3) is 0.818. The summed E-state index contributed by atoms with van der Waals surface area (Å²) in [6.07, 6.45) is 2.27. The molecule has 92 valence electrons. The molecule has 0 fully saturated rings. The molecule has 0 saturated heterocycles. The summed E-state index contributed by atoms with van der Waals surface area (Å²) in [5.74, 6) is 0.632. The van der Waals surface area contributed by atoms with Crippen molar-refractivity contribution in [3.05, 3.63) is 5.89 Å². The maximum absolute atomic E-state index is 5.61. The molecule has 0 aromatic carbocycles. The Labute approximate surface area is 97.2 Å². The molecular weight excluding hydrogens is 204 g/mol. The Balaban J connectivity index is 2.69. The minimum absolute atomic E-state index is 0.0936. The average Bonchev–Trinajstić information content (AvgIpc) is 2.76. The van der Waals surface area contributed by atoms with Crippen molar-refractivity contribution in [2.24, 2.45) is 0 Å². The van der Waals surface area contributed by atoms with Crippen LogP contribution in [-0.4, -0.2) is 30.3 Å². The largest absolute Gasteiger partial charge is 0.406 e. The van der Waals surface area contributed by atoms with Gasteiger partial charge in [0, 0.05) is 13.1 Å². The van der Waals surface area contributed by atoms with Crippen LogP contribution in [0.3, 0.4) is 0 Å². The van der Waals surface area contributed by atoms with E-state index in [9.17, 15) is 0 Å². The summed E-state index contributed by atoms with van der Waals surface area (Å²) in [7, 11) is 3.86. The molecule has 5 nitrogen and oxygen atoms in total. The summed E-state index contributed by atoms with van der Waals surface area (Å²) < 4.78 is 5.61. The van der Waals surface area contributed by atoms with Gasteiger partial charge >= 0.3 is 6.01 Å². The molecule has 0 amide bonds. The molecule has 5 heteroatoms. The average molecular weight is 226 g/mol. The smallest absolute Gasteiger partial charge is 0.318 e. The molecule has 0 aliphatic heterocycles. The predicted molar refractivity (Wildman–Crippen MR) is 64.5 cm³/mol. The van der Waals surface area contributed by atoms with Crippen LogP contribution in [0.5, 0.6) is 0 Å². The van der Waals surface area contributed by atoms with Crippen LogP contribution in [0.25, 0.3) is 0 Å². The fourth-order valence-corrected chi connectivity index (χ4v) is 1.47. The highest BCUT2D eigenvalue weighted by molar-refractivity contribution is 5.24. The highest BCUT2D eigenvalue weighted by Gasteiger charge is 2.17. The van der Waals surface area contributed by atoms with Crippen LogP contribution in [-0.2, 0) is 0 Å². The topological polar surface area (TPSA) is 54.2 Å². The Hall–Kier alpha value is -1.10. The van der Waals surface area contributed by atoms with Gasteiger partial charge in [0.1, 0.15) is 0 Å². The van der Waals surface area contributed by atoms with E-state index in [1.165, 1.54) is 0 Å². The van der Waals surface area contributed by atoms with E-state index >= 15 is 0 Å². The first-order valence-electron chi connectivity index (χ1n) is 5.83. The van der Waals surface area contributed by atoms with Crippen molar-refractivity contribution in [1.29, 1.82) is 0 Å². The van der Waals surface area contributed by atoms with E-state index in [4.69, 9.17) is 4.42 Å². The molecule has 0 radical (unpaired) electrons. The van der Waals surface area contributed by atoms with Crippen LogP contribution in [0.15, 0.2) is 4.42 Å². The van der Waals surface area contributed by atoms with E-state index in [0.29, 0.717) is 17.9 Å². The number of anilines is 1. The summed E-state index contributed by atoms with van der Waals surface area (Å²) in [5.41, 5.74) is 0. The van der Waals surface area contributed by atoms with Crippen LogP contribution < -0.4 is 10.2 Å². The number of hydrogen-bond acceptors (Lipinski definition) is 5. The van der Waals surface area contributed by atoms with Crippen molar-refractivity contribution in [2.75, 3.05) is 19.0 Å². The van der Waals surface area contributed by atoms with E-state index in [0.717, 1.165) is 12.8 Å². The third-order valence-corrected chi connectivity index (χ3v) is 2.90. The third kappa shape index (κ3) is 2.95. The normalized spacial score (nSPS) is 14.8. The second-order valence-electron chi connectivity index (χ2n) is 4.18. The molecule has 0 saturated carbocycles. The lowest BCUT2D eigenvalue weighted by Crippen LogP contribution is -2.28. The lowest BCUT2D eigenvalue weighted by Gasteiger charge is -2.21. The summed E-state index contributed by atoms with van der Waals surface area (Å²) >= 11 is 0. The number of nitrogens with one attached hydrogen (secondary N) is 1. The number of nitrogens with zero attached hydrogens (tertiary/aromatic N) is 3. The Morgan fingerprint density at radius 1 is 1.38 bits per heavy atom. The molecule has 0 spiro atoms. The first-order chi connectivity index (χ1) is 7.60.